The summed E-state index contributed by atoms with van der Waals surface area (Å²) in [7, 11) is 0. The Morgan fingerprint density at radius 2 is 2.00 bits per heavy atom. The number of fused-ring (bicyclic) bond motifs is 1. The summed E-state index contributed by atoms with van der Waals surface area (Å²) in [5.74, 6) is 0.115. The van der Waals surface area contributed by atoms with Crippen LogP contribution < -0.4 is 0 Å². The minimum atomic E-state index is 0.115. The molecular formula is C17H16N2O. The largest absolute Gasteiger partial charge is 0.330 e. The quantitative estimate of drug-likeness (QED) is 0.678. The Morgan fingerprint density at radius 1 is 1.15 bits per heavy atom. The van der Waals surface area contributed by atoms with Crippen LogP contribution in [0.5, 0.6) is 0 Å². The number of carbonyl (C=O) groups excluding carboxylic acids is 1. The highest BCUT2D eigenvalue weighted by Crippen LogP contribution is 2.21. The molecule has 3 heteroatoms. The molecule has 0 saturated carbocycles. The van der Waals surface area contributed by atoms with Crippen LogP contribution >= 0.6 is 0 Å². The molecule has 1 heterocycles. The molecule has 3 nitrogen and oxygen atoms in total. The monoisotopic (exact) mass is 264 g/mol. The smallest absolute Gasteiger partial charge is 0.182 e. The molecule has 20 heavy (non-hydrogen) atoms. The molecular weight excluding hydrogens is 248 g/mol. The van der Waals surface area contributed by atoms with Gasteiger partial charge in [-0.1, -0.05) is 29.8 Å². The van der Waals surface area contributed by atoms with Gasteiger partial charge >= 0.3 is 0 Å². The second-order valence-corrected chi connectivity index (χ2v) is 5.18. The van der Waals surface area contributed by atoms with Gasteiger partial charge in [0.05, 0.1) is 12.9 Å². The molecule has 2 aromatic carbocycles. The van der Waals surface area contributed by atoms with E-state index in [9.17, 15) is 4.79 Å². The third-order valence-electron chi connectivity index (χ3n) is 3.52. The average molecular weight is 264 g/mol. The predicted octanol–water partition coefficient (Wildman–Crippen LogP) is 3.54. The van der Waals surface area contributed by atoms with Crippen LogP contribution in [0, 0.1) is 13.8 Å². The van der Waals surface area contributed by atoms with E-state index >= 15 is 0 Å². The molecule has 0 aliphatic rings. The summed E-state index contributed by atoms with van der Waals surface area (Å²) in [5.41, 5.74) is 3.01. The van der Waals surface area contributed by atoms with Crippen molar-refractivity contribution in [2.75, 3.05) is 0 Å². The first-order valence-electron chi connectivity index (χ1n) is 6.63. The third kappa shape index (κ3) is 2.35. The van der Waals surface area contributed by atoms with E-state index in [0.29, 0.717) is 6.54 Å². The standard InChI is InChI=1S/C17H16N2O/c1-12-3-4-14-8-13(2)16(9-15(14)7-12)17(20)10-19-6-5-18-11-19/h3-9,11H,10H2,1-2H3. The number of rotatable bonds is 3. The first kappa shape index (κ1) is 12.6. The van der Waals surface area contributed by atoms with Gasteiger partial charge in [0.1, 0.15) is 0 Å². The fourth-order valence-electron chi connectivity index (χ4n) is 2.46. The number of benzene rings is 2. The Labute approximate surface area is 117 Å². The number of ketones is 1. The van der Waals surface area contributed by atoms with Crippen molar-refractivity contribution in [2.24, 2.45) is 0 Å². The lowest BCUT2D eigenvalue weighted by atomic mass is 9.98. The van der Waals surface area contributed by atoms with Gasteiger partial charge in [-0.25, -0.2) is 4.98 Å². The van der Waals surface area contributed by atoms with Crippen molar-refractivity contribution in [1.29, 1.82) is 0 Å². The van der Waals surface area contributed by atoms with Crippen molar-refractivity contribution < 1.29 is 4.79 Å². The Bertz CT molecular complexity index is 773. The highest BCUT2D eigenvalue weighted by atomic mass is 16.1. The van der Waals surface area contributed by atoms with E-state index in [-0.39, 0.29) is 5.78 Å². The van der Waals surface area contributed by atoms with Gasteiger partial charge in [0.15, 0.2) is 5.78 Å². The van der Waals surface area contributed by atoms with E-state index in [2.05, 4.69) is 36.2 Å². The van der Waals surface area contributed by atoms with Gasteiger partial charge in [0.25, 0.3) is 0 Å². The van der Waals surface area contributed by atoms with E-state index in [1.807, 2.05) is 13.0 Å². The van der Waals surface area contributed by atoms with E-state index in [4.69, 9.17) is 0 Å². The molecule has 1 aromatic heterocycles. The van der Waals surface area contributed by atoms with Gasteiger partial charge in [-0.15, -0.1) is 0 Å². The minimum absolute atomic E-state index is 0.115. The molecule has 0 amide bonds. The van der Waals surface area contributed by atoms with Crippen LogP contribution in [0.4, 0.5) is 0 Å². The highest BCUT2D eigenvalue weighted by molar-refractivity contribution is 6.01. The molecule has 0 aliphatic heterocycles. The van der Waals surface area contributed by atoms with Crippen molar-refractivity contribution in [3.05, 3.63) is 65.7 Å². The minimum Gasteiger partial charge on any atom is -0.330 e. The Kier molecular flexibility index (Phi) is 3.11. The number of aromatic nitrogens is 2. The van der Waals surface area contributed by atoms with Crippen LogP contribution in [-0.2, 0) is 6.54 Å². The van der Waals surface area contributed by atoms with Crippen molar-refractivity contribution in [3.63, 3.8) is 0 Å². The molecule has 0 radical (unpaired) electrons. The fraction of sp³-hybridized carbons (Fsp3) is 0.176. The summed E-state index contributed by atoms with van der Waals surface area (Å²) in [4.78, 5) is 16.4. The zero-order chi connectivity index (χ0) is 14.1. The van der Waals surface area contributed by atoms with Crippen LogP contribution in [0.15, 0.2) is 49.1 Å². The van der Waals surface area contributed by atoms with Gasteiger partial charge in [-0.05, 0) is 36.2 Å². The average Bonchev–Trinajstić information content (AvgIpc) is 2.91. The third-order valence-corrected chi connectivity index (χ3v) is 3.52. The number of carbonyl (C=O) groups is 1. The van der Waals surface area contributed by atoms with E-state index in [1.54, 1.807) is 23.3 Å². The molecule has 0 aliphatic carbocycles. The molecule has 100 valence electrons. The maximum absolute atomic E-state index is 12.4. The number of hydrogen-bond donors (Lipinski definition) is 0. The summed E-state index contributed by atoms with van der Waals surface area (Å²) in [6.07, 6.45) is 5.15. The Morgan fingerprint density at radius 3 is 2.75 bits per heavy atom. The molecule has 0 fully saturated rings. The number of hydrogen-bond acceptors (Lipinski definition) is 2. The van der Waals surface area contributed by atoms with Gasteiger partial charge in [0, 0.05) is 18.0 Å². The maximum Gasteiger partial charge on any atom is 0.182 e. The zero-order valence-corrected chi connectivity index (χ0v) is 11.6. The number of Topliss-reactive ketones (excluding diaryl/α,β-unsaturated/α-hetero) is 1. The fourth-order valence-corrected chi connectivity index (χ4v) is 2.46. The van der Waals surface area contributed by atoms with Crippen LogP contribution in [0.25, 0.3) is 10.8 Å². The summed E-state index contributed by atoms with van der Waals surface area (Å²) in [6, 6.07) is 10.4. The highest BCUT2D eigenvalue weighted by Gasteiger charge is 2.11. The maximum atomic E-state index is 12.4. The van der Waals surface area contributed by atoms with Gasteiger partial charge in [0.2, 0.25) is 0 Å². The first-order chi connectivity index (χ1) is 9.63. The molecule has 3 aromatic rings. The number of imidazole rings is 1. The summed E-state index contributed by atoms with van der Waals surface area (Å²) >= 11 is 0. The van der Waals surface area contributed by atoms with Crippen LogP contribution in [0.3, 0.4) is 0 Å². The second-order valence-electron chi connectivity index (χ2n) is 5.18. The van der Waals surface area contributed by atoms with Gasteiger partial charge in [-0.2, -0.15) is 0 Å². The second kappa shape index (κ2) is 4.93. The molecule has 0 bridgehead atoms. The van der Waals surface area contributed by atoms with Gasteiger partial charge in [-0.3, -0.25) is 4.79 Å². The van der Waals surface area contributed by atoms with E-state index in [1.165, 1.54) is 10.9 Å². The Hall–Kier alpha value is -2.42. The molecule has 0 unspecified atom stereocenters. The summed E-state index contributed by atoms with van der Waals surface area (Å²) < 4.78 is 1.79. The summed E-state index contributed by atoms with van der Waals surface area (Å²) in [6.45, 7) is 4.38. The lowest BCUT2D eigenvalue weighted by Crippen LogP contribution is -2.10. The number of aryl methyl sites for hydroxylation is 2. The molecule has 0 N–H and O–H groups in total. The van der Waals surface area contributed by atoms with Crippen molar-refractivity contribution >= 4 is 16.6 Å². The first-order valence-corrected chi connectivity index (χ1v) is 6.63. The number of nitrogens with zero attached hydrogens (tertiary/aromatic N) is 2. The summed E-state index contributed by atoms with van der Waals surface area (Å²) in [5, 5.41) is 2.29. The van der Waals surface area contributed by atoms with Gasteiger partial charge < -0.3 is 4.57 Å². The van der Waals surface area contributed by atoms with Crippen molar-refractivity contribution in [2.45, 2.75) is 20.4 Å². The van der Waals surface area contributed by atoms with Crippen LogP contribution in [0.1, 0.15) is 21.5 Å². The normalized spacial score (nSPS) is 10.9. The molecule has 3 rings (SSSR count). The zero-order valence-electron chi connectivity index (χ0n) is 11.6. The van der Waals surface area contributed by atoms with Crippen LogP contribution in [-0.4, -0.2) is 15.3 Å². The van der Waals surface area contributed by atoms with E-state index in [0.717, 1.165) is 16.5 Å². The SMILES string of the molecule is Cc1ccc2cc(C)c(C(=O)Cn3ccnc3)cc2c1. The molecule has 0 spiro atoms. The van der Waals surface area contributed by atoms with Crippen molar-refractivity contribution in [3.8, 4) is 0 Å². The van der Waals surface area contributed by atoms with E-state index < -0.39 is 0 Å². The Balaban J connectivity index is 2.02. The van der Waals surface area contributed by atoms with Crippen molar-refractivity contribution in [1.82, 2.24) is 9.55 Å². The van der Waals surface area contributed by atoms with Crippen LogP contribution in [0.2, 0.25) is 0 Å². The topological polar surface area (TPSA) is 34.9 Å². The lowest BCUT2D eigenvalue weighted by Gasteiger charge is -2.08. The lowest BCUT2D eigenvalue weighted by molar-refractivity contribution is 0.0971. The molecule has 0 atom stereocenters. The molecule has 0 saturated heterocycles. The predicted molar refractivity (Wildman–Crippen MR) is 80.0 cm³/mol.